The van der Waals surface area contributed by atoms with Gasteiger partial charge >= 0.3 is 0 Å². The second kappa shape index (κ2) is 15.4. The highest BCUT2D eigenvalue weighted by Crippen LogP contribution is 2.42. The number of carbonyl (C=O) groups excluding carboxylic acids is 1. The number of hydrogen-bond acceptors (Lipinski definition) is 8. The highest BCUT2D eigenvalue weighted by Gasteiger charge is 2.34. The number of fused-ring (bicyclic) bond motifs is 1. The maximum absolute atomic E-state index is 13.4. The lowest BCUT2D eigenvalue weighted by Gasteiger charge is -2.35. The SMILES string of the molecule is CCOC(OCC)[C@H](CC(C)C)NC(=O)[C@H](N)CCCN=C(N)NS(=O)(=O)c1c(C)c(C)c2c(c1C)CCC(C)(C)O2. The third-order valence-corrected chi connectivity index (χ3v) is 9.14. The lowest BCUT2D eigenvalue weighted by Crippen LogP contribution is -2.51. The summed E-state index contributed by atoms with van der Waals surface area (Å²) in [6.45, 7) is 18.5. The predicted octanol–water partition coefficient (Wildman–Crippen LogP) is 3.35. The second-order valence-electron chi connectivity index (χ2n) is 12.0. The Morgan fingerprint density at radius 3 is 2.29 bits per heavy atom. The number of nitrogens with two attached hydrogens (primary N) is 2. The number of sulfonamides is 1. The molecule has 2 atom stereocenters. The molecule has 0 unspecified atom stereocenters. The first-order chi connectivity index (χ1) is 19.5. The molecule has 0 radical (unpaired) electrons. The lowest BCUT2D eigenvalue weighted by atomic mass is 9.88. The van der Waals surface area contributed by atoms with Crippen LogP contribution in [0.2, 0.25) is 0 Å². The number of amides is 1. The van der Waals surface area contributed by atoms with E-state index in [0.29, 0.717) is 49.5 Å². The van der Waals surface area contributed by atoms with Gasteiger partial charge in [-0.15, -0.1) is 0 Å². The first kappa shape index (κ1) is 35.8. The molecule has 240 valence electrons. The van der Waals surface area contributed by atoms with Crippen LogP contribution in [0, 0.1) is 26.7 Å². The number of hydrogen-bond donors (Lipinski definition) is 4. The van der Waals surface area contributed by atoms with E-state index in [9.17, 15) is 13.2 Å². The van der Waals surface area contributed by atoms with Gasteiger partial charge in [0.1, 0.15) is 11.4 Å². The van der Waals surface area contributed by atoms with Gasteiger partial charge in [0.2, 0.25) is 11.9 Å². The van der Waals surface area contributed by atoms with Crippen molar-refractivity contribution in [2.24, 2.45) is 22.4 Å². The zero-order valence-electron chi connectivity index (χ0n) is 26.9. The van der Waals surface area contributed by atoms with Gasteiger partial charge in [0.15, 0.2) is 6.29 Å². The van der Waals surface area contributed by atoms with E-state index in [1.165, 1.54) is 0 Å². The normalized spacial score (nSPS) is 16.6. The van der Waals surface area contributed by atoms with Gasteiger partial charge in [-0.25, -0.2) is 13.1 Å². The van der Waals surface area contributed by atoms with Crippen molar-refractivity contribution in [1.29, 1.82) is 0 Å². The topological polar surface area (TPSA) is 167 Å². The largest absolute Gasteiger partial charge is 0.487 e. The molecule has 1 aliphatic heterocycles. The summed E-state index contributed by atoms with van der Waals surface area (Å²) in [6.07, 6.45) is 2.42. The van der Waals surface area contributed by atoms with Crippen LogP contribution in [-0.4, -0.2) is 64.0 Å². The van der Waals surface area contributed by atoms with Gasteiger partial charge in [-0.05, 0) is 109 Å². The molecule has 0 saturated heterocycles. The minimum absolute atomic E-state index is 0.201. The molecule has 11 nitrogen and oxygen atoms in total. The molecule has 0 fully saturated rings. The average molecular weight is 612 g/mol. The molecule has 42 heavy (non-hydrogen) atoms. The quantitative estimate of drug-likeness (QED) is 0.101. The molecule has 12 heteroatoms. The number of carbonyl (C=O) groups is 1. The number of nitrogens with zero attached hydrogens (tertiary/aromatic N) is 1. The molecule has 0 bridgehead atoms. The molecule has 1 aromatic rings. The highest BCUT2D eigenvalue weighted by atomic mass is 32.2. The second-order valence-corrected chi connectivity index (χ2v) is 13.6. The van der Waals surface area contributed by atoms with E-state index in [-0.39, 0.29) is 34.9 Å². The molecule has 6 N–H and O–H groups in total. The van der Waals surface area contributed by atoms with Gasteiger partial charge in [-0.3, -0.25) is 9.79 Å². The van der Waals surface area contributed by atoms with Gasteiger partial charge < -0.3 is 31.0 Å². The van der Waals surface area contributed by atoms with Crippen molar-refractivity contribution in [3.63, 3.8) is 0 Å². The molecular weight excluding hydrogens is 558 g/mol. The predicted molar refractivity (Wildman–Crippen MR) is 166 cm³/mol. The van der Waals surface area contributed by atoms with Crippen LogP contribution in [0.3, 0.4) is 0 Å². The Kier molecular flexibility index (Phi) is 13.1. The monoisotopic (exact) mass is 611 g/mol. The number of benzene rings is 1. The summed E-state index contributed by atoms with van der Waals surface area (Å²) in [5.74, 6) is 0.565. The minimum Gasteiger partial charge on any atom is -0.487 e. The number of guanidine groups is 1. The minimum atomic E-state index is -3.99. The van der Waals surface area contributed by atoms with Crippen LogP contribution in [0.25, 0.3) is 0 Å². The van der Waals surface area contributed by atoms with Crippen LogP contribution in [0.4, 0.5) is 0 Å². The Balaban J connectivity index is 2.03. The number of nitrogens with one attached hydrogen (secondary N) is 2. The molecule has 0 saturated carbocycles. The highest BCUT2D eigenvalue weighted by molar-refractivity contribution is 7.90. The van der Waals surface area contributed by atoms with E-state index < -0.39 is 22.4 Å². The Hall–Kier alpha value is -2.41. The van der Waals surface area contributed by atoms with Gasteiger partial charge in [0.05, 0.1) is 17.0 Å². The van der Waals surface area contributed by atoms with E-state index in [0.717, 1.165) is 29.7 Å². The van der Waals surface area contributed by atoms with Crippen molar-refractivity contribution in [3.8, 4) is 5.75 Å². The summed E-state index contributed by atoms with van der Waals surface area (Å²) in [5, 5.41) is 2.98. The first-order valence-corrected chi connectivity index (χ1v) is 16.5. The van der Waals surface area contributed by atoms with Gasteiger partial charge in [-0.1, -0.05) is 13.8 Å². The summed E-state index contributed by atoms with van der Waals surface area (Å²) < 4.78 is 46.9. The summed E-state index contributed by atoms with van der Waals surface area (Å²) in [5.41, 5.74) is 14.8. The fourth-order valence-electron chi connectivity index (χ4n) is 5.26. The molecule has 2 rings (SSSR count). The molecule has 0 aromatic heterocycles. The van der Waals surface area contributed by atoms with Crippen molar-refractivity contribution < 1.29 is 27.4 Å². The van der Waals surface area contributed by atoms with E-state index in [1.54, 1.807) is 13.8 Å². The van der Waals surface area contributed by atoms with Crippen LogP contribution < -0.4 is 26.2 Å². The average Bonchev–Trinajstić information content (AvgIpc) is 2.88. The maximum Gasteiger partial charge on any atom is 0.264 e. The zero-order valence-corrected chi connectivity index (χ0v) is 27.7. The molecule has 1 amide bonds. The Bertz CT molecular complexity index is 1210. The molecule has 1 aromatic carbocycles. The van der Waals surface area contributed by atoms with Gasteiger partial charge in [0, 0.05) is 19.8 Å². The van der Waals surface area contributed by atoms with Gasteiger partial charge in [0.25, 0.3) is 10.0 Å². The molecule has 0 spiro atoms. The van der Waals surface area contributed by atoms with Crippen LogP contribution in [0.15, 0.2) is 9.89 Å². The van der Waals surface area contributed by atoms with E-state index in [1.807, 2.05) is 34.6 Å². The smallest absolute Gasteiger partial charge is 0.264 e. The Morgan fingerprint density at radius 2 is 1.71 bits per heavy atom. The number of aliphatic imine (C=N–C) groups is 1. The number of rotatable bonds is 15. The Morgan fingerprint density at radius 1 is 1.10 bits per heavy atom. The van der Waals surface area contributed by atoms with Crippen molar-refractivity contribution in [3.05, 3.63) is 22.3 Å². The summed E-state index contributed by atoms with van der Waals surface area (Å²) >= 11 is 0. The third-order valence-electron chi connectivity index (χ3n) is 7.51. The lowest BCUT2D eigenvalue weighted by molar-refractivity contribution is -0.161. The maximum atomic E-state index is 13.4. The van der Waals surface area contributed by atoms with Crippen molar-refractivity contribution in [2.75, 3.05) is 19.8 Å². The third kappa shape index (κ3) is 9.55. The van der Waals surface area contributed by atoms with E-state index >= 15 is 0 Å². The van der Waals surface area contributed by atoms with Crippen LogP contribution in [0.1, 0.15) is 89.5 Å². The molecule has 1 heterocycles. The molecule has 0 aliphatic carbocycles. The first-order valence-electron chi connectivity index (χ1n) is 15.0. The van der Waals surface area contributed by atoms with Crippen LogP contribution in [-0.2, 0) is 30.7 Å². The standard InChI is InChI=1S/C30H53N5O6S/c1-10-39-28(40-11-2)24(17-18(3)4)34-27(36)23(31)13-12-16-33-29(32)35-42(37,38)26-20(6)19(5)25-22(21(26)7)14-15-30(8,9)41-25/h18,23-24,28H,10-17,31H2,1-9H3,(H,34,36)(H3,32,33,35)/t23-,24+/m1/s1. The van der Waals surface area contributed by atoms with Crippen molar-refractivity contribution in [1.82, 2.24) is 10.0 Å². The summed E-state index contributed by atoms with van der Waals surface area (Å²) in [4.78, 5) is 17.2. The molecule has 1 aliphatic rings. The summed E-state index contributed by atoms with van der Waals surface area (Å²) in [7, 11) is -3.99. The summed E-state index contributed by atoms with van der Waals surface area (Å²) in [6, 6.07) is -1.10. The van der Waals surface area contributed by atoms with Crippen molar-refractivity contribution >= 4 is 21.9 Å². The fourth-order valence-corrected chi connectivity index (χ4v) is 6.78. The van der Waals surface area contributed by atoms with E-state index in [2.05, 4.69) is 28.9 Å². The zero-order chi connectivity index (χ0) is 31.8. The number of ether oxygens (including phenoxy) is 3. The van der Waals surface area contributed by atoms with Crippen molar-refractivity contribution in [2.45, 2.75) is 123 Å². The van der Waals surface area contributed by atoms with E-state index in [4.69, 9.17) is 25.7 Å². The van der Waals surface area contributed by atoms with Crippen LogP contribution in [0.5, 0.6) is 5.75 Å². The van der Waals surface area contributed by atoms with Crippen LogP contribution >= 0.6 is 0 Å². The van der Waals surface area contributed by atoms with Gasteiger partial charge in [-0.2, -0.15) is 0 Å². The molecular formula is C30H53N5O6S. The Labute approximate surface area is 252 Å². The fraction of sp³-hybridized carbons (Fsp3) is 0.733.